The lowest BCUT2D eigenvalue weighted by molar-refractivity contribution is 0.102. The minimum absolute atomic E-state index is 0.242. The summed E-state index contributed by atoms with van der Waals surface area (Å²) in [6, 6.07) is 19.5. The lowest BCUT2D eigenvalue weighted by Crippen LogP contribution is -2.22. The summed E-state index contributed by atoms with van der Waals surface area (Å²) in [5.41, 5.74) is 4.16. The maximum atomic E-state index is 12.6. The Hall–Kier alpha value is -3.21. The molecule has 3 rings (SSSR count). The molecule has 0 aliphatic heterocycles. The van der Waals surface area contributed by atoms with Gasteiger partial charge in [0.1, 0.15) is 5.69 Å². The number of hydrogen-bond acceptors (Lipinski definition) is 4. The molecule has 0 unspecified atom stereocenters. The highest BCUT2D eigenvalue weighted by atomic mass is 16.1. The molecule has 0 saturated heterocycles. The first-order valence-electron chi connectivity index (χ1n) is 8.50. The van der Waals surface area contributed by atoms with Crippen LogP contribution >= 0.6 is 0 Å². The van der Waals surface area contributed by atoms with Crippen molar-refractivity contribution >= 4 is 17.5 Å². The zero-order valence-electron chi connectivity index (χ0n) is 15.2. The number of carbonyl (C=O) groups excluding carboxylic acids is 1. The first-order valence-corrected chi connectivity index (χ1v) is 8.50. The van der Waals surface area contributed by atoms with Gasteiger partial charge < -0.3 is 10.2 Å². The van der Waals surface area contributed by atoms with Crippen molar-refractivity contribution in [2.24, 2.45) is 0 Å². The highest BCUT2D eigenvalue weighted by Crippen LogP contribution is 2.15. The molecule has 1 N–H and O–H groups in total. The molecular weight excluding hydrogens is 324 g/mol. The molecule has 0 bridgehead atoms. The van der Waals surface area contributed by atoms with Crippen LogP contribution in [0, 0.1) is 13.8 Å². The van der Waals surface area contributed by atoms with Gasteiger partial charge in [0.15, 0.2) is 0 Å². The van der Waals surface area contributed by atoms with Crippen LogP contribution in [0.1, 0.15) is 27.3 Å². The van der Waals surface area contributed by atoms with E-state index in [-0.39, 0.29) is 5.91 Å². The van der Waals surface area contributed by atoms with Gasteiger partial charge in [-0.3, -0.25) is 4.79 Å². The van der Waals surface area contributed by atoms with Crippen molar-refractivity contribution in [1.29, 1.82) is 0 Å². The Morgan fingerprint density at radius 2 is 1.69 bits per heavy atom. The molecule has 1 aromatic heterocycles. The molecule has 0 aliphatic carbocycles. The maximum absolute atomic E-state index is 12.6. The maximum Gasteiger partial charge on any atom is 0.274 e. The van der Waals surface area contributed by atoms with Crippen LogP contribution in [0.25, 0.3) is 0 Å². The van der Waals surface area contributed by atoms with Gasteiger partial charge in [0.05, 0.1) is 0 Å². The zero-order chi connectivity index (χ0) is 18.5. The second-order valence-corrected chi connectivity index (χ2v) is 6.36. The van der Waals surface area contributed by atoms with E-state index < -0.39 is 0 Å². The number of anilines is 2. The third kappa shape index (κ3) is 4.45. The van der Waals surface area contributed by atoms with Crippen molar-refractivity contribution < 1.29 is 4.79 Å². The Bertz CT molecular complexity index is 892. The van der Waals surface area contributed by atoms with Crippen LogP contribution in [-0.2, 0) is 6.54 Å². The molecule has 5 heteroatoms. The van der Waals surface area contributed by atoms with Gasteiger partial charge in [0, 0.05) is 25.0 Å². The highest BCUT2D eigenvalue weighted by Gasteiger charge is 2.13. The fourth-order valence-corrected chi connectivity index (χ4v) is 2.60. The monoisotopic (exact) mass is 346 g/mol. The van der Waals surface area contributed by atoms with E-state index in [4.69, 9.17) is 0 Å². The van der Waals surface area contributed by atoms with Gasteiger partial charge in [0.2, 0.25) is 5.95 Å². The number of nitrogens with zero attached hydrogens (tertiary/aromatic N) is 3. The number of carbonyl (C=O) groups is 1. The predicted molar refractivity (Wildman–Crippen MR) is 104 cm³/mol. The zero-order valence-corrected chi connectivity index (χ0v) is 15.2. The van der Waals surface area contributed by atoms with Gasteiger partial charge in [0.25, 0.3) is 5.91 Å². The molecule has 26 heavy (non-hydrogen) atoms. The van der Waals surface area contributed by atoms with E-state index >= 15 is 0 Å². The van der Waals surface area contributed by atoms with E-state index in [1.807, 2.05) is 68.3 Å². The summed E-state index contributed by atoms with van der Waals surface area (Å²) in [6.07, 6.45) is 0. The molecule has 0 radical (unpaired) electrons. The number of nitrogens with one attached hydrogen (secondary N) is 1. The van der Waals surface area contributed by atoms with Crippen molar-refractivity contribution in [3.63, 3.8) is 0 Å². The highest BCUT2D eigenvalue weighted by molar-refractivity contribution is 6.03. The molecule has 2 aromatic carbocycles. The molecule has 5 nitrogen and oxygen atoms in total. The minimum Gasteiger partial charge on any atom is -0.340 e. The Morgan fingerprint density at radius 1 is 1.00 bits per heavy atom. The molecule has 0 saturated carbocycles. The van der Waals surface area contributed by atoms with Gasteiger partial charge in [-0.05, 0) is 37.6 Å². The minimum atomic E-state index is -0.242. The van der Waals surface area contributed by atoms with Crippen LogP contribution in [0.4, 0.5) is 11.6 Å². The van der Waals surface area contributed by atoms with Crippen LogP contribution in [0.5, 0.6) is 0 Å². The van der Waals surface area contributed by atoms with Crippen LogP contribution in [0.2, 0.25) is 0 Å². The Balaban J connectivity index is 1.78. The average Bonchev–Trinajstić information content (AvgIpc) is 2.64. The number of aromatic nitrogens is 2. The predicted octanol–water partition coefficient (Wildman–Crippen LogP) is 3.98. The smallest absolute Gasteiger partial charge is 0.274 e. The largest absolute Gasteiger partial charge is 0.340 e. The summed E-state index contributed by atoms with van der Waals surface area (Å²) in [5, 5.41) is 2.88. The van der Waals surface area contributed by atoms with E-state index in [1.165, 1.54) is 0 Å². The Kier molecular flexibility index (Phi) is 5.27. The van der Waals surface area contributed by atoms with Gasteiger partial charge in [-0.2, -0.15) is 0 Å². The van der Waals surface area contributed by atoms with Crippen molar-refractivity contribution in [3.8, 4) is 0 Å². The molecule has 3 aromatic rings. The summed E-state index contributed by atoms with van der Waals surface area (Å²) in [6.45, 7) is 4.54. The van der Waals surface area contributed by atoms with Gasteiger partial charge >= 0.3 is 0 Å². The van der Waals surface area contributed by atoms with Crippen LogP contribution in [-0.4, -0.2) is 22.9 Å². The van der Waals surface area contributed by atoms with Crippen LogP contribution in [0.15, 0.2) is 60.7 Å². The van der Waals surface area contributed by atoms with E-state index in [0.717, 1.165) is 22.5 Å². The normalized spacial score (nSPS) is 10.4. The molecule has 132 valence electrons. The first-order chi connectivity index (χ1) is 12.5. The number of rotatable bonds is 5. The van der Waals surface area contributed by atoms with Crippen LogP contribution in [0.3, 0.4) is 0 Å². The third-order valence-corrected chi connectivity index (χ3v) is 3.99. The number of benzene rings is 2. The quantitative estimate of drug-likeness (QED) is 0.759. The Labute approximate surface area is 153 Å². The fourth-order valence-electron chi connectivity index (χ4n) is 2.60. The van der Waals surface area contributed by atoms with Crippen LogP contribution < -0.4 is 10.2 Å². The van der Waals surface area contributed by atoms with Crippen molar-refractivity contribution in [1.82, 2.24) is 9.97 Å². The van der Waals surface area contributed by atoms with Gasteiger partial charge in [-0.1, -0.05) is 48.0 Å². The molecular formula is C21H22N4O. The lowest BCUT2D eigenvalue weighted by atomic mass is 10.2. The van der Waals surface area contributed by atoms with E-state index in [0.29, 0.717) is 18.2 Å². The van der Waals surface area contributed by atoms with E-state index in [9.17, 15) is 4.79 Å². The SMILES string of the molecule is Cc1ccc(NC(=O)c2cc(C)nc(N(C)Cc3ccccc3)n2)cc1. The number of amides is 1. The topological polar surface area (TPSA) is 58.1 Å². The third-order valence-electron chi connectivity index (χ3n) is 3.99. The second-order valence-electron chi connectivity index (χ2n) is 6.36. The van der Waals surface area contributed by atoms with E-state index in [2.05, 4.69) is 27.4 Å². The van der Waals surface area contributed by atoms with Gasteiger partial charge in [-0.25, -0.2) is 9.97 Å². The molecule has 0 aliphatic rings. The number of hydrogen-bond donors (Lipinski definition) is 1. The van der Waals surface area contributed by atoms with Crippen molar-refractivity contribution in [2.45, 2.75) is 20.4 Å². The first kappa shape index (κ1) is 17.6. The summed E-state index contributed by atoms with van der Waals surface area (Å²) in [5.74, 6) is 0.289. The fraction of sp³-hybridized carbons (Fsp3) is 0.190. The Morgan fingerprint density at radius 3 is 2.38 bits per heavy atom. The standard InChI is InChI=1S/C21H22N4O/c1-15-9-11-18(12-10-15)23-20(26)19-13-16(2)22-21(24-19)25(3)14-17-7-5-4-6-8-17/h4-13H,14H2,1-3H3,(H,23,26). The summed E-state index contributed by atoms with van der Waals surface area (Å²) in [4.78, 5) is 23.4. The summed E-state index contributed by atoms with van der Waals surface area (Å²) in [7, 11) is 1.92. The van der Waals surface area contributed by atoms with Crippen molar-refractivity contribution in [2.75, 3.05) is 17.3 Å². The summed E-state index contributed by atoms with van der Waals surface area (Å²) >= 11 is 0. The van der Waals surface area contributed by atoms with Gasteiger partial charge in [-0.15, -0.1) is 0 Å². The summed E-state index contributed by atoms with van der Waals surface area (Å²) < 4.78 is 0. The molecule has 0 atom stereocenters. The van der Waals surface area contributed by atoms with Crippen molar-refractivity contribution in [3.05, 3.63) is 83.2 Å². The number of aryl methyl sites for hydroxylation is 2. The molecule has 0 fully saturated rings. The molecule has 1 amide bonds. The van der Waals surface area contributed by atoms with E-state index in [1.54, 1.807) is 6.07 Å². The molecule has 1 heterocycles. The second kappa shape index (κ2) is 7.78. The average molecular weight is 346 g/mol. The molecule has 0 spiro atoms. The lowest BCUT2D eigenvalue weighted by Gasteiger charge is -2.18.